The number of rotatable bonds is 47. The summed E-state index contributed by atoms with van der Waals surface area (Å²) in [6.45, 7) is 6.60. The standard InChI is InChI=1S/C53H98O6/c1-4-7-10-13-16-19-21-23-24-25-26-27-28-30-31-34-37-40-43-46-52(55)58-49-50(48-57-51(54)45-42-39-36-33-18-15-12-9-6-3)59-53(56)47-44-41-38-35-32-29-22-20-17-14-11-8-5-2/h25-26,33,36,50H,4-24,27-32,34-35,37-49H2,1-3H3/b26-25-,36-33-. The topological polar surface area (TPSA) is 78.9 Å². The van der Waals surface area contributed by atoms with Crippen LogP contribution in [0, 0.1) is 0 Å². The van der Waals surface area contributed by atoms with Gasteiger partial charge in [0.15, 0.2) is 6.10 Å². The van der Waals surface area contributed by atoms with E-state index in [-0.39, 0.29) is 31.1 Å². The van der Waals surface area contributed by atoms with Crippen molar-refractivity contribution in [1.29, 1.82) is 0 Å². The van der Waals surface area contributed by atoms with E-state index in [0.29, 0.717) is 19.3 Å². The molecule has 1 unspecified atom stereocenters. The van der Waals surface area contributed by atoms with Crippen LogP contribution >= 0.6 is 0 Å². The molecule has 0 spiro atoms. The Hall–Kier alpha value is -2.11. The average Bonchev–Trinajstić information content (AvgIpc) is 3.23. The molecule has 0 N–H and O–H groups in total. The SMILES string of the molecule is CCCCCC/C=C\CCCC(=O)OCC(COC(=O)CCCCCCCCC/C=C\CCCCCCCCCC)OC(=O)CCCCCCCCCCCCCCC. The van der Waals surface area contributed by atoms with Gasteiger partial charge in [-0.1, -0.05) is 218 Å². The predicted octanol–water partition coefficient (Wildman–Crippen LogP) is 16.8. The van der Waals surface area contributed by atoms with E-state index in [9.17, 15) is 14.4 Å². The smallest absolute Gasteiger partial charge is 0.306 e. The van der Waals surface area contributed by atoms with E-state index in [4.69, 9.17) is 14.2 Å². The van der Waals surface area contributed by atoms with Crippen LogP contribution in [-0.4, -0.2) is 37.2 Å². The lowest BCUT2D eigenvalue weighted by Gasteiger charge is -2.18. The van der Waals surface area contributed by atoms with E-state index in [1.807, 2.05) is 0 Å². The second kappa shape index (κ2) is 48.6. The molecule has 346 valence electrons. The van der Waals surface area contributed by atoms with E-state index >= 15 is 0 Å². The van der Waals surface area contributed by atoms with E-state index in [2.05, 4.69) is 45.1 Å². The molecular formula is C53H98O6. The molecule has 6 heteroatoms. The quantitative estimate of drug-likeness (QED) is 0.0263. The number of allylic oxidation sites excluding steroid dienone is 4. The minimum Gasteiger partial charge on any atom is -0.462 e. The van der Waals surface area contributed by atoms with Crippen LogP contribution in [0.25, 0.3) is 0 Å². The Morgan fingerprint density at radius 2 is 0.576 bits per heavy atom. The average molecular weight is 831 g/mol. The van der Waals surface area contributed by atoms with Gasteiger partial charge in [-0.3, -0.25) is 14.4 Å². The van der Waals surface area contributed by atoms with Gasteiger partial charge in [-0.05, 0) is 64.2 Å². The van der Waals surface area contributed by atoms with Gasteiger partial charge in [-0.25, -0.2) is 0 Å². The first-order valence-corrected chi connectivity index (χ1v) is 25.8. The van der Waals surface area contributed by atoms with Gasteiger partial charge in [0.05, 0.1) is 0 Å². The molecule has 0 radical (unpaired) electrons. The zero-order valence-corrected chi connectivity index (χ0v) is 39.5. The maximum Gasteiger partial charge on any atom is 0.306 e. The molecule has 0 amide bonds. The first kappa shape index (κ1) is 56.9. The molecule has 0 saturated carbocycles. The number of esters is 3. The van der Waals surface area contributed by atoms with E-state index in [0.717, 1.165) is 57.8 Å². The van der Waals surface area contributed by atoms with Gasteiger partial charge in [-0.2, -0.15) is 0 Å². The van der Waals surface area contributed by atoms with Gasteiger partial charge in [0, 0.05) is 19.3 Å². The number of carbonyl (C=O) groups is 3. The minimum atomic E-state index is -0.777. The van der Waals surface area contributed by atoms with Crippen molar-refractivity contribution in [3.05, 3.63) is 24.3 Å². The van der Waals surface area contributed by atoms with Crippen molar-refractivity contribution in [2.45, 2.75) is 284 Å². The van der Waals surface area contributed by atoms with E-state index in [1.54, 1.807) is 0 Å². The Bertz CT molecular complexity index is 958. The summed E-state index contributed by atoms with van der Waals surface area (Å²) in [4.78, 5) is 37.8. The summed E-state index contributed by atoms with van der Waals surface area (Å²) >= 11 is 0. The molecule has 0 aromatic rings. The summed E-state index contributed by atoms with van der Waals surface area (Å²) < 4.78 is 16.7. The van der Waals surface area contributed by atoms with Gasteiger partial charge in [-0.15, -0.1) is 0 Å². The van der Waals surface area contributed by atoms with Gasteiger partial charge in [0.2, 0.25) is 0 Å². The lowest BCUT2D eigenvalue weighted by atomic mass is 10.0. The number of hydrogen-bond acceptors (Lipinski definition) is 6. The fraction of sp³-hybridized carbons (Fsp3) is 0.868. The molecule has 1 atom stereocenters. The van der Waals surface area contributed by atoms with Crippen molar-refractivity contribution in [2.24, 2.45) is 0 Å². The molecule has 0 bridgehead atoms. The van der Waals surface area contributed by atoms with Gasteiger partial charge in [0.25, 0.3) is 0 Å². The largest absolute Gasteiger partial charge is 0.462 e. The molecule has 0 aromatic carbocycles. The summed E-state index contributed by atoms with van der Waals surface area (Å²) in [5.41, 5.74) is 0. The third-order valence-electron chi connectivity index (χ3n) is 11.4. The zero-order chi connectivity index (χ0) is 43.0. The minimum absolute atomic E-state index is 0.0786. The first-order chi connectivity index (χ1) is 29.0. The van der Waals surface area contributed by atoms with Crippen LogP contribution in [0.15, 0.2) is 24.3 Å². The molecule has 0 aliphatic carbocycles. The van der Waals surface area contributed by atoms with Crippen molar-refractivity contribution >= 4 is 17.9 Å². The van der Waals surface area contributed by atoms with Crippen molar-refractivity contribution in [3.63, 3.8) is 0 Å². The highest BCUT2D eigenvalue weighted by Crippen LogP contribution is 2.15. The van der Waals surface area contributed by atoms with Crippen molar-refractivity contribution in [2.75, 3.05) is 13.2 Å². The normalized spacial score (nSPS) is 12.1. The number of unbranched alkanes of at least 4 members (excludes halogenated alkanes) is 32. The molecule has 6 nitrogen and oxygen atoms in total. The van der Waals surface area contributed by atoms with E-state index < -0.39 is 6.10 Å². The van der Waals surface area contributed by atoms with Crippen molar-refractivity contribution < 1.29 is 28.6 Å². The number of carbonyl (C=O) groups excluding carboxylic acids is 3. The molecule has 0 heterocycles. The molecule has 0 aliphatic heterocycles. The van der Waals surface area contributed by atoms with Crippen LogP contribution in [0.5, 0.6) is 0 Å². The predicted molar refractivity (Wildman–Crippen MR) is 252 cm³/mol. The highest BCUT2D eigenvalue weighted by atomic mass is 16.6. The Labute approximate surface area is 366 Å². The molecule has 0 saturated heterocycles. The van der Waals surface area contributed by atoms with Crippen LogP contribution in [0.3, 0.4) is 0 Å². The van der Waals surface area contributed by atoms with Crippen LogP contribution in [0.4, 0.5) is 0 Å². The second-order valence-electron chi connectivity index (χ2n) is 17.4. The monoisotopic (exact) mass is 831 g/mol. The third-order valence-corrected chi connectivity index (χ3v) is 11.4. The first-order valence-electron chi connectivity index (χ1n) is 25.8. The fourth-order valence-electron chi connectivity index (χ4n) is 7.50. The molecule has 0 fully saturated rings. The zero-order valence-electron chi connectivity index (χ0n) is 39.5. The summed E-state index contributed by atoms with van der Waals surface area (Å²) in [5, 5.41) is 0. The lowest BCUT2D eigenvalue weighted by Crippen LogP contribution is -2.30. The fourth-order valence-corrected chi connectivity index (χ4v) is 7.50. The molecule has 0 rings (SSSR count). The summed E-state index contributed by atoms with van der Waals surface area (Å²) in [7, 11) is 0. The van der Waals surface area contributed by atoms with Crippen LogP contribution < -0.4 is 0 Å². The van der Waals surface area contributed by atoms with Crippen molar-refractivity contribution in [1.82, 2.24) is 0 Å². The van der Waals surface area contributed by atoms with Gasteiger partial charge < -0.3 is 14.2 Å². The highest BCUT2D eigenvalue weighted by molar-refractivity contribution is 5.71. The Morgan fingerprint density at radius 1 is 0.322 bits per heavy atom. The van der Waals surface area contributed by atoms with Crippen molar-refractivity contribution in [3.8, 4) is 0 Å². The number of ether oxygens (including phenoxy) is 3. The maximum absolute atomic E-state index is 12.7. The van der Waals surface area contributed by atoms with Crippen LogP contribution in [0.1, 0.15) is 278 Å². The van der Waals surface area contributed by atoms with E-state index in [1.165, 1.54) is 180 Å². The van der Waals surface area contributed by atoms with Crippen LogP contribution in [0.2, 0.25) is 0 Å². The molecule has 0 aromatic heterocycles. The molecule has 59 heavy (non-hydrogen) atoms. The Kier molecular flexibility index (Phi) is 46.8. The Morgan fingerprint density at radius 3 is 0.932 bits per heavy atom. The second-order valence-corrected chi connectivity index (χ2v) is 17.4. The molecular weight excluding hydrogens is 733 g/mol. The van der Waals surface area contributed by atoms with Gasteiger partial charge >= 0.3 is 17.9 Å². The summed E-state index contributed by atoms with van der Waals surface area (Å²) in [6, 6.07) is 0. The van der Waals surface area contributed by atoms with Gasteiger partial charge in [0.1, 0.15) is 13.2 Å². The third kappa shape index (κ3) is 46.8. The number of hydrogen-bond donors (Lipinski definition) is 0. The highest BCUT2D eigenvalue weighted by Gasteiger charge is 2.19. The van der Waals surface area contributed by atoms with Crippen LogP contribution in [-0.2, 0) is 28.6 Å². The summed E-state index contributed by atoms with van der Waals surface area (Å²) in [6.07, 6.45) is 54.6. The maximum atomic E-state index is 12.7. The summed E-state index contributed by atoms with van der Waals surface area (Å²) in [5.74, 6) is -0.908. The Balaban J connectivity index is 4.27. The lowest BCUT2D eigenvalue weighted by molar-refractivity contribution is -0.167. The molecule has 0 aliphatic rings.